The van der Waals surface area contributed by atoms with Crippen molar-refractivity contribution in [3.8, 4) is 11.8 Å². The van der Waals surface area contributed by atoms with Crippen LogP contribution >= 0.6 is 0 Å². The topological polar surface area (TPSA) is 154 Å². The number of pyridine rings is 2. The minimum atomic E-state index is -1.21. The quantitative estimate of drug-likeness (QED) is 0.289. The van der Waals surface area contributed by atoms with Gasteiger partial charge in [0, 0.05) is 0 Å². The Kier molecular flexibility index (Phi) is 7.01. The first kappa shape index (κ1) is 24.1. The third kappa shape index (κ3) is 5.36. The number of anilines is 3. The molecule has 1 amide bonds. The van der Waals surface area contributed by atoms with E-state index in [0.717, 1.165) is 11.6 Å². The lowest BCUT2D eigenvalue weighted by atomic mass is 10.0. The predicted molar refractivity (Wildman–Crippen MR) is 130 cm³/mol. The smallest absolute Gasteiger partial charge is 0.404 e. The van der Waals surface area contributed by atoms with Crippen molar-refractivity contribution in [2.24, 2.45) is 0 Å². The Bertz CT molecular complexity index is 1410. The maximum atomic E-state index is 15.0. The molecule has 3 heterocycles. The van der Waals surface area contributed by atoms with Gasteiger partial charge in [-0.15, -0.1) is 4.80 Å². The van der Waals surface area contributed by atoms with E-state index in [1.54, 1.807) is 50.4 Å². The van der Waals surface area contributed by atoms with Gasteiger partial charge in [-0.3, -0.25) is 4.98 Å². The number of nitriles is 1. The number of carboxylic acid groups (broad SMARTS) is 1. The highest BCUT2D eigenvalue weighted by atomic mass is 19.1. The number of nitrogens with one attached hydrogen (secondary N) is 3. The van der Waals surface area contributed by atoms with Crippen LogP contribution < -0.4 is 16.0 Å². The fourth-order valence-electron chi connectivity index (χ4n) is 3.62. The lowest BCUT2D eigenvalue weighted by Crippen LogP contribution is -2.39. The van der Waals surface area contributed by atoms with E-state index in [9.17, 15) is 19.6 Å². The Morgan fingerprint density at radius 3 is 2.56 bits per heavy atom. The maximum Gasteiger partial charge on any atom is 0.404 e. The van der Waals surface area contributed by atoms with Crippen LogP contribution in [0.4, 0.5) is 26.5 Å². The van der Waals surface area contributed by atoms with Gasteiger partial charge >= 0.3 is 6.09 Å². The summed E-state index contributed by atoms with van der Waals surface area (Å²) in [5.74, 6) is -0.820. The maximum absolute atomic E-state index is 15.0. The molecule has 0 fully saturated rings. The number of nitrogens with zero attached hydrogens (tertiary/aromatic N) is 6. The highest BCUT2D eigenvalue weighted by Crippen LogP contribution is 2.28. The molecule has 0 spiro atoms. The first-order valence-electron chi connectivity index (χ1n) is 10.9. The number of halogens is 1. The van der Waals surface area contributed by atoms with Crippen molar-refractivity contribution < 1.29 is 14.3 Å². The number of aryl methyl sites for hydroxylation is 1. The van der Waals surface area contributed by atoms with E-state index >= 15 is 0 Å². The van der Waals surface area contributed by atoms with Crippen LogP contribution in [0.25, 0.3) is 5.69 Å². The fraction of sp³-hybridized carbons (Fsp3) is 0.167. The van der Waals surface area contributed by atoms with Crippen molar-refractivity contribution in [2.45, 2.75) is 25.9 Å². The average Bonchev–Trinajstić information content (AvgIpc) is 3.40. The highest BCUT2D eigenvalue weighted by molar-refractivity contribution is 5.67. The van der Waals surface area contributed by atoms with E-state index in [0.29, 0.717) is 17.1 Å². The molecule has 182 valence electrons. The molecule has 1 aromatic carbocycles. The van der Waals surface area contributed by atoms with Crippen LogP contribution in [0.3, 0.4) is 0 Å². The molecule has 0 saturated carbocycles. The number of carbonyl (C=O) groups is 1. The Hall–Kier alpha value is -5.05. The molecule has 0 radical (unpaired) electrons. The van der Waals surface area contributed by atoms with E-state index in [4.69, 9.17) is 0 Å². The van der Waals surface area contributed by atoms with Crippen molar-refractivity contribution in [1.29, 1.82) is 5.26 Å². The third-order valence-corrected chi connectivity index (χ3v) is 5.36. The normalized spacial score (nSPS) is 12.3. The largest absolute Gasteiger partial charge is 0.465 e. The van der Waals surface area contributed by atoms with Gasteiger partial charge in [0.15, 0.2) is 17.5 Å². The number of hydrogen-bond donors (Lipinski definition) is 4. The number of aromatic nitrogens is 5. The van der Waals surface area contributed by atoms with Crippen molar-refractivity contribution in [1.82, 2.24) is 30.3 Å². The van der Waals surface area contributed by atoms with Crippen molar-refractivity contribution in [3.63, 3.8) is 0 Å². The number of hydrogen-bond acceptors (Lipinski definition) is 8. The Balaban J connectivity index is 1.69. The van der Waals surface area contributed by atoms with Gasteiger partial charge in [0.05, 0.1) is 47.6 Å². The van der Waals surface area contributed by atoms with E-state index in [2.05, 4.69) is 36.1 Å². The Morgan fingerprint density at radius 1 is 1.17 bits per heavy atom. The van der Waals surface area contributed by atoms with E-state index in [-0.39, 0.29) is 17.2 Å². The Labute approximate surface area is 205 Å². The molecule has 12 heteroatoms. The van der Waals surface area contributed by atoms with Crippen LogP contribution in [0.2, 0.25) is 0 Å². The molecule has 4 rings (SSSR count). The summed E-state index contributed by atoms with van der Waals surface area (Å²) < 4.78 is 15.0. The van der Waals surface area contributed by atoms with E-state index in [1.807, 2.05) is 12.1 Å². The molecule has 0 aliphatic carbocycles. The summed E-state index contributed by atoms with van der Waals surface area (Å²) in [5, 5.41) is 35.4. The molecule has 0 bridgehead atoms. The van der Waals surface area contributed by atoms with Gasteiger partial charge in [-0.05, 0) is 31.5 Å². The zero-order valence-electron chi connectivity index (χ0n) is 19.3. The van der Waals surface area contributed by atoms with Crippen LogP contribution in [0.15, 0.2) is 61.1 Å². The van der Waals surface area contributed by atoms with Gasteiger partial charge in [-0.1, -0.05) is 30.3 Å². The highest BCUT2D eigenvalue weighted by Gasteiger charge is 2.24. The lowest BCUT2D eigenvalue weighted by Gasteiger charge is -2.26. The second-order valence-corrected chi connectivity index (χ2v) is 7.87. The zero-order valence-corrected chi connectivity index (χ0v) is 19.3. The summed E-state index contributed by atoms with van der Waals surface area (Å²) in [5.41, 5.74) is 2.47. The molecule has 0 unspecified atom stereocenters. The molecule has 11 nitrogen and oxygen atoms in total. The standard InChI is InChI=1S/C24H22FN9O2/c1-14-20(34-28-8-9-29-34)11-18(13-27-14)31-22-17(12-26)10-19(25)23(33-22)32-21(15(2)30-24(35)36)16-6-4-3-5-7-16/h3-11,13,15,21,30H,1-2H3,(H,35,36)(H2,31,32,33)/t15-,21+/m0/s1. The predicted octanol–water partition coefficient (Wildman–Crippen LogP) is 3.93. The second-order valence-electron chi connectivity index (χ2n) is 7.87. The van der Waals surface area contributed by atoms with Gasteiger partial charge in [0.1, 0.15) is 11.8 Å². The molecular weight excluding hydrogens is 465 g/mol. The van der Waals surface area contributed by atoms with Gasteiger partial charge in [0.25, 0.3) is 0 Å². The summed E-state index contributed by atoms with van der Waals surface area (Å²) in [6.45, 7) is 3.46. The van der Waals surface area contributed by atoms with Crippen LogP contribution in [-0.2, 0) is 0 Å². The Morgan fingerprint density at radius 2 is 1.89 bits per heavy atom. The number of benzene rings is 1. The first-order valence-corrected chi connectivity index (χ1v) is 10.9. The summed E-state index contributed by atoms with van der Waals surface area (Å²) in [4.78, 5) is 21.3. The second kappa shape index (κ2) is 10.5. The van der Waals surface area contributed by atoms with Gasteiger partial charge in [-0.25, -0.2) is 14.2 Å². The van der Waals surface area contributed by atoms with Crippen molar-refractivity contribution in [2.75, 3.05) is 10.6 Å². The molecule has 4 N–H and O–H groups in total. The molecule has 0 aliphatic rings. The van der Waals surface area contributed by atoms with E-state index in [1.165, 1.54) is 17.2 Å². The SMILES string of the molecule is Cc1ncc(Nc2nc(N[C@@H](c3ccccc3)[C@H](C)NC(=O)O)c(F)cc2C#N)cc1-n1nccn1. The summed E-state index contributed by atoms with van der Waals surface area (Å²) >= 11 is 0. The molecule has 36 heavy (non-hydrogen) atoms. The molecular formula is C24H22FN9O2. The monoisotopic (exact) mass is 487 g/mol. The van der Waals surface area contributed by atoms with E-state index < -0.39 is 24.0 Å². The summed E-state index contributed by atoms with van der Waals surface area (Å²) in [7, 11) is 0. The minimum Gasteiger partial charge on any atom is -0.465 e. The van der Waals surface area contributed by atoms with Gasteiger partial charge < -0.3 is 21.1 Å². The number of rotatable bonds is 8. The first-order chi connectivity index (χ1) is 17.4. The molecule has 2 atom stereocenters. The molecule has 4 aromatic rings. The lowest BCUT2D eigenvalue weighted by molar-refractivity contribution is 0.189. The third-order valence-electron chi connectivity index (χ3n) is 5.36. The molecule has 3 aromatic heterocycles. The fourth-order valence-corrected chi connectivity index (χ4v) is 3.62. The number of amides is 1. The van der Waals surface area contributed by atoms with Crippen LogP contribution in [-0.4, -0.2) is 42.2 Å². The van der Waals surface area contributed by atoms with Crippen molar-refractivity contribution in [3.05, 3.63) is 83.7 Å². The summed E-state index contributed by atoms with van der Waals surface area (Å²) in [6.07, 6.45) is 3.41. The molecule has 0 saturated heterocycles. The van der Waals surface area contributed by atoms with Crippen LogP contribution in [0.5, 0.6) is 0 Å². The van der Waals surface area contributed by atoms with Crippen molar-refractivity contribution >= 4 is 23.4 Å². The molecule has 0 aliphatic heterocycles. The van der Waals surface area contributed by atoms with Gasteiger partial charge in [0.2, 0.25) is 0 Å². The van der Waals surface area contributed by atoms with Crippen LogP contribution in [0.1, 0.15) is 29.8 Å². The minimum absolute atomic E-state index is 0.0228. The average molecular weight is 487 g/mol. The summed E-state index contributed by atoms with van der Waals surface area (Å²) in [6, 6.07) is 12.4. The van der Waals surface area contributed by atoms with Gasteiger partial charge in [-0.2, -0.15) is 15.5 Å². The van der Waals surface area contributed by atoms with Crippen LogP contribution in [0, 0.1) is 24.1 Å². The zero-order chi connectivity index (χ0) is 25.7.